The molecule has 0 fully saturated rings. The molecule has 0 N–H and O–H groups in total. The number of nitrogens with zero attached hydrogens (tertiary/aromatic N) is 1. The van der Waals surface area contributed by atoms with Gasteiger partial charge in [-0.25, -0.2) is 0 Å². The van der Waals surface area contributed by atoms with Crippen LogP contribution >= 0.6 is 0 Å². The molecule has 0 aromatic carbocycles. The predicted molar refractivity (Wildman–Crippen MR) is 61.1 cm³/mol. The topological polar surface area (TPSA) is 31.2 Å². The minimum Gasteiger partial charge on any atom is -0.379 e. The van der Waals surface area contributed by atoms with Crippen molar-refractivity contribution in [2.24, 2.45) is 5.92 Å². The van der Waals surface area contributed by atoms with E-state index in [-0.39, 0.29) is 5.56 Å². The molecule has 15 heavy (non-hydrogen) atoms. The Balaban J connectivity index is 2.41. The monoisotopic (exact) mass is 209 g/mol. The van der Waals surface area contributed by atoms with Crippen LogP contribution in [0.5, 0.6) is 0 Å². The summed E-state index contributed by atoms with van der Waals surface area (Å²) >= 11 is 0. The summed E-state index contributed by atoms with van der Waals surface area (Å²) in [5, 5.41) is 0. The van der Waals surface area contributed by atoms with E-state index >= 15 is 0 Å². The third-order valence-electron chi connectivity index (χ3n) is 2.08. The molecule has 0 radical (unpaired) electrons. The van der Waals surface area contributed by atoms with Crippen molar-refractivity contribution in [3.8, 4) is 0 Å². The lowest BCUT2D eigenvalue weighted by molar-refractivity contribution is 0.102. The van der Waals surface area contributed by atoms with Crippen molar-refractivity contribution in [1.29, 1.82) is 0 Å². The summed E-state index contributed by atoms with van der Waals surface area (Å²) in [5.74, 6) is 0.541. The highest BCUT2D eigenvalue weighted by Gasteiger charge is 1.97. The molecule has 3 nitrogen and oxygen atoms in total. The second kappa shape index (κ2) is 5.71. The Morgan fingerprint density at radius 2 is 2.20 bits per heavy atom. The number of aryl methyl sites for hydroxylation is 1. The van der Waals surface area contributed by atoms with Crippen LogP contribution in [0.4, 0.5) is 0 Å². The number of hydrogen-bond donors (Lipinski definition) is 0. The second-order valence-electron chi connectivity index (χ2n) is 4.20. The molecule has 1 heterocycles. The van der Waals surface area contributed by atoms with Gasteiger partial charge in [-0.3, -0.25) is 4.79 Å². The first-order chi connectivity index (χ1) is 7.09. The van der Waals surface area contributed by atoms with E-state index in [9.17, 15) is 4.79 Å². The van der Waals surface area contributed by atoms with Crippen LogP contribution in [0, 0.1) is 12.8 Å². The highest BCUT2D eigenvalue weighted by molar-refractivity contribution is 5.07. The minimum atomic E-state index is 0.0446. The fourth-order valence-corrected chi connectivity index (χ4v) is 1.27. The summed E-state index contributed by atoms with van der Waals surface area (Å²) in [4.78, 5) is 11.5. The van der Waals surface area contributed by atoms with Crippen LogP contribution in [-0.4, -0.2) is 17.8 Å². The summed E-state index contributed by atoms with van der Waals surface area (Å²) in [7, 11) is 0. The van der Waals surface area contributed by atoms with Gasteiger partial charge < -0.3 is 9.30 Å². The van der Waals surface area contributed by atoms with Gasteiger partial charge >= 0.3 is 0 Å². The fourth-order valence-electron chi connectivity index (χ4n) is 1.27. The van der Waals surface area contributed by atoms with E-state index in [2.05, 4.69) is 13.8 Å². The average Bonchev–Trinajstić information content (AvgIpc) is 2.14. The lowest BCUT2D eigenvalue weighted by atomic mass is 10.2. The molecule has 1 aromatic rings. The summed E-state index contributed by atoms with van der Waals surface area (Å²) < 4.78 is 7.10. The lowest BCUT2D eigenvalue weighted by Gasteiger charge is -2.08. The van der Waals surface area contributed by atoms with E-state index in [1.54, 1.807) is 10.6 Å². The zero-order chi connectivity index (χ0) is 11.3. The Morgan fingerprint density at radius 3 is 2.80 bits per heavy atom. The Morgan fingerprint density at radius 1 is 1.47 bits per heavy atom. The second-order valence-corrected chi connectivity index (χ2v) is 4.20. The first-order valence-corrected chi connectivity index (χ1v) is 5.34. The molecule has 0 aliphatic carbocycles. The zero-order valence-electron chi connectivity index (χ0n) is 9.69. The van der Waals surface area contributed by atoms with Crippen LogP contribution in [0.25, 0.3) is 0 Å². The van der Waals surface area contributed by atoms with Crippen molar-refractivity contribution in [3.05, 3.63) is 34.2 Å². The van der Waals surface area contributed by atoms with E-state index < -0.39 is 0 Å². The van der Waals surface area contributed by atoms with Gasteiger partial charge in [0.1, 0.15) is 0 Å². The highest BCUT2D eigenvalue weighted by Crippen LogP contribution is 1.94. The number of aromatic nitrogens is 1. The maximum absolute atomic E-state index is 11.5. The molecule has 0 spiro atoms. The van der Waals surface area contributed by atoms with Crippen molar-refractivity contribution in [2.45, 2.75) is 27.3 Å². The van der Waals surface area contributed by atoms with E-state index in [4.69, 9.17) is 4.74 Å². The first-order valence-electron chi connectivity index (χ1n) is 5.34. The quantitative estimate of drug-likeness (QED) is 0.693. The lowest BCUT2D eigenvalue weighted by Crippen LogP contribution is -2.21. The molecule has 0 amide bonds. The van der Waals surface area contributed by atoms with Crippen LogP contribution in [0.3, 0.4) is 0 Å². The number of pyridine rings is 1. The van der Waals surface area contributed by atoms with Crippen molar-refractivity contribution < 1.29 is 4.74 Å². The SMILES string of the molecule is Cc1ccn(CCOCC(C)C)c(=O)c1. The molecule has 0 aliphatic heterocycles. The normalized spacial score (nSPS) is 10.9. The maximum Gasteiger partial charge on any atom is 0.250 e. The van der Waals surface area contributed by atoms with Crippen molar-refractivity contribution >= 4 is 0 Å². The standard InChI is InChI=1S/C12H19NO2/c1-10(2)9-15-7-6-13-5-4-11(3)8-12(13)14/h4-5,8,10H,6-7,9H2,1-3H3. The summed E-state index contributed by atoms with van der Waals surface area (Å²) in [6.07, 6.45) is 1.82. The summed E-state index contributed by atoms with van der Waals surface area (Å²) in [5.41, 5.74) is 1.04. The summed E-state index contributed by atoms with van der Waals surface area (Å²) in [6.45, 7) is 8.12. The third-order valence-corrected chi connectivity index (χ3v) is 2.08. The summed E-state index contributed by atoms with van der Waals surface area (Å²) in [6, 6.07) is 3.58. The molecule has 0 bridgehead atoms. The molecule has 0 unspecified atom stereocenters. The van der Waals surface area contributed by atoms with Gasteiger partial charge in [-0.05, 0) is 24.5 Å². The molecular formula is C12H19NO2. The van der Waals surface area contributed by atoms with Gasteiger partial charge in [0.05, 0.1) is 6.61 Å². The molecule has 0 saturated heterocycles. The Hall–Kier alpha value is -1.09. The number of rotatable bonds is 5. The number of ether oxygens (including phenoxy) is 1. The first kappa shape index (κ1) is 12.0. The molecule has 0 aliphatic rings. The van der Waals surface area contributed by atoms with Gasteiger partial charge in [-0.2, -0.15) is 0 Å². The van der Waals surface area contributed by atoms with Gasteiger partial charge in [-0.1, -0.05) is 13.8 Å². The average molecular weight is 209 g/mol. The third kappa shape index (κ3) is 4.30. The molecule has 3 heteroatoms. The van der Waals surface area contributed by atoms with E-state index in [0.717, 1.165) is 12.2 Å². The van der Waals surface area contributed by atoms with Crippen molar-refractivity contribution in [3.63, 3.8) is 0 Å². The molecular weight excluding hydrogens is 190 g/mol. The largest absolute Gasteiger partial charge is 0.379 e. The van der Waals surface area contributed by atoms with E-state index in [1.807, 2.05) is 19.2 Å². The minimum absolute atomic E-state index is 0.0446. The van der Waals surface area contributed by atoms with Gasteiger partial charge in [0, 0.05) is 25.4 Å². The van der Waals surface area contributed by atoms with Gasteiger partial charge in [0.25, 0.3) is 5.56 Å². The van der Waals surface area contributed by atoms with Crippen LogP contribution < -0.4 is 5.56 Å². The van der Waals surface area contributed by atoms with Crippen LogP contribution in [-0.2, 0) is 11.3 Å². The van der Waals surface area contributed by atoms with Crippen LogP contribution in [0.2, 0.25) is 0 Å². The molecule has 84 valence electrons. The predicted octanol–water partition coefficient (Wildman–Crippen LogP) is 1.83. The highest BCUT2D eigenvalue weighted by atomic mass is 16.5. The molecule has 0 atom stereocenters. The van der Waals surface area contributed by atoms with Crippen LogP contribution in [0.15, 0.2) is 23.1 Å². The van der Waals surface area contributed by atoms with Gasteiger partial charge in [0.15, 0.2) is 0 Å². The Bertz CT molecular complexity index is 355. The van der Waals surface area contributed by atoms with Gasteiger partial charge in [0.2, 0.25) is 0 Å². The fraction of sp³-hybridized carbons (Fsp3) is 0.583. The van der Waals surface area contributed by atoms with Crippen molar-refractivity contribution in [1.82, 2.24) is 4.57 Å². The van der Waals surface area contributed by atoms with Crippen molar-refractivity contribution in [2.75, 3.05) is 13.2 Å². The van der Waals surface area contributed by atoms with Crippen LogP contribution in [0.1, 0.15) is 19.4 Å². The van der Waals surface area contributed by atoms with E-state index in [1.165, 1.54) is 0 Å². The Kier molecular flexibility index (Phi) is 4.56. The zero-order valence-corrected chi connectivity index (χ0v) is 9.69. The Labute approximate surface area is 90.7 Å². The van der Waals surface area contributed by atoms with Gasteiger partial charge in [-0.15, -0.1) is 0 Å². The molecule has 1 aromatic heterocycles. The smallest absolute Gasteiger partial charge is 0.250 e. The molecule has 0 saturated carbocycles. The van der Waals surface area contributed by atoms with E-state index in [0.29, 0.717) is 19.1 Å². The molecule has 1 rings (SSSR count). The maximum atomic E-state index is 11.5. The number of hydrogen-bond acceptors (Lipinski definition) is 2.